The van der Waals surface area contributed by atoms with Crippen LogP contribution in [-0.4, -0.2) is 37.0 Å². The van der Waals surface area contributed by atoms with E-state index < -0.39 is 5.91 Å². The fourth-order valence-corrected chi connectivity index (χ4v) is 3.34. The summed E-state index contributed by atoms with van der Waals surface area (Å²) in [5, 5.41) is 3.45. The number of imide groups is 1. The molecule has 0 aromatic heterocycles. The Bertz CT molecular complexity index is 999. The fourth-order valence-electron chi connectivity index (χ4n) is 3.08. The van der Waals surface area contributed by atoms with E-state index in [-0.39, 0.29) is 23.7 Å². The molecular weight excluding hydrogens is 404 g/mol. The lowest BCUT2D eigenvalue weighted by atomic mass is 10.0. The first-order valence-electron chi connectivity index (χ1n) is 9.55. The molecule has 0 aliphatic carbocycles. The molecule has 2 aromatic carbocycles. The number of anilines is 1. The van der Waals surface area contributed by atoms with Crippen molar-refractivity contribution in [2.75, 3.05) is 25.6 Å². The zero-order valence-corrected chi connectivity index (χ0v) is 17.7. The van der Waals surface area contributed by atoms with E-state index in [4.69, 9.17) is 21.1 Å². The van der Waals surface area contributed by atoms with Crippen LogP contribution >= 0.6 is 11.6 Å². The van der Waals surface area contributed by atoms with Crippen LogP contribution in [-0.2, 0) is 9.59 Å². The minimum Gasteiger partial charge on any atom is -0.495 e. The molecule has 0 saturated heterocycles. The lowest BCUT2D eigenvalue weighted by Gasteiger charge is -2.13. The quantitative estimate of drug-likeness (QED) is 0.471. The van der Waals surface area contributed by atoms with Crippen molar-refractivity contribution in [1.29, 1.82) is 0 Å². The number of halogens is 1. The minimum absolute atomic E-state index is 0.118. The summed E-state index contributed by atoms with van der Waals surface area (Å²) in [6, 6.07) is 12.2. The van der Waals surface area contributed by atoms with Crippen molar-refractivity contribution in [2.24, 2.45) is 0 Å². The highest BCUT2D eigenvalue weighted by Gasteiger charge is 2.38. The van der Waals surface area contributed by atoms with E-state index in [9.17, 15) is 9.59 Å². The van der Waals surface area contributed by atoms with Gasteiger partial charge in [-0.1, -0.05) is 36.7 Å². The van der Waals surface area contributed by atoms with Gasteiger partial charge in [-0.3, -0.25) is 14.5 Å². The van der Waals surface area contributed by atoms with E-state index in [1.165, 1.54) is 13.2 Å². The van der Waals surface area contributed by atoms with E-state index in [0.29, 0.717) is 34.4 Å². The van der Waals surface area contributed by atoms with Crippen LogP contribution in [0.1, 0.15) is 18.9 Å². The minimum atomic E-state index is -0.423. The summed E-state index contributed by atoms with van der Waals surface area (Å²) < 4.78 is 10.8. The van der Waals surface area contributed by atoms with Crippen molar-refractivity contribution in [3.63, 3.8) is 0 Å². The third kappa shape index (κ3) is 4.33. The third-order valence-corrected chi connectivity index (χ3v) is 4.81. The molecule has 1 aliphatic heterocycles. The van der Waals surface area contributed by atoms with Gasteiger partial charge in [-0.15, -0.1) is 6.58 Å². The number of benzene rings is 2. The van der Waals surface area contributed by atoms with Gasteiger partial charge in [0, 0.05) is 12.2 Å². The Morgan fingerprint density at radius 2 is 1.87 bits per heavy atom. The SMILES string of the molecule is C=CCN1C(=O)C(Nc2ccc(OC)c(Cl)c2)=C(c2ccc(OCCC)cc2)C1=O. The second-order valence-electron chi connectivity index (χ2n) is 6.61. The van der Waals surface area contributed by atoms with Crippen LogP contribution in [0.25, 0.3) is 5.57 Å². The molecule has 2 aromatic rings. The van der Waals surface area contributed by atoms with Crippen LogP contribution in [0, 0.1) is 0 Å². The van der Waals surface area contributed by atoms with E-state index >= 15 is 0 Å². The average molecular weight is 427 g/mol. The topological polar surface area (TPSA) is 67.9 Å². The second kappa shape index (κ2) is 9.50. The zero-order valence-electron chi connectivity index (χ0n) is 16.9. The molecule has 6 nitrogen and oxygen atoms in total. The summed E-state index contributed by atoms with van der Waals surface area (Å²) >= 11 is 6.20. The van der Waals surface area contributed by atoms with Gasteiger partial charge < -0.3 is 14.8 Å². The molecule has 1 aliphatic rings. The van der Waals surface area contributed by atoms with Gasteiger partial charge in [0.2, 0.25) is 0 Å². The molecule has 1 N–H and O–H groups in total. The van der Waals surface area contributed by atoms with Crippen LogP contribution in [0.4, 0.5) is 5.69 Å². The molecule has 0 saturated carbocycles. The zero-order chi connectivity index (χ0) is 21.7. The molecule has 7 heteroatoms. The molecule has 0 radical (unpaired) electrons. The lowest BCUT2D eigenvalue weighted by molar-refractivity contribution is -0.136. The maximum atomic E-state index is 13.0. The molecule has 0 spiro atoms. The summed E-state index contributed by atoms with van der Waals surface area (Å²) in [7, 11) is 1.52. The smallest absolute Gasteiger partial charge is 0.278 e. The molecule has 0 atom stereocenters. The number of rotatable bonds is 9. The Labute approximate surface area is 180 Å². The number of hydrogen-bond acceptors (Lipinski definition) is 5. The van der Waals surface area contributed by atoms with E-state index in [1.54, 1.807) is 42.5 Å². The molecule has 156 valence electrons. The van der Waals surface area contributed by atoms with E-state index in [2.05, 4.69) is 11.9 Å². The van der Waals surface area contributed by atoms with E-state index in [1.807, 2.05) is 6.92 Å². The Balaban J connectivity index is 2.00. The number of ether oxygens (including phenoxy) is 2. The number of nitrogens with one attached hydrogen (secondary N) is 1. The van der Waals surface area contributed by atoms with Crippen molar-refractivity contribution in [1.82, 2.24) is 4.90 Å². The lowest BCUT2D eigenvalue weighted by Crippen LogP contribution is -2.32. The summed E-state index contributed by atoms with van der Waals surface area (Å²) in [5.74, 6) is 0.413. The predicted molar refractivity (Wildman–Crippen MR) is 118 cm³/mol. The Kier molecular flexibility index (Phi) is 6.79. The number of nitrogens with zero attached hydrogens (tertiary/aromatic N) is 1. The average Bonchev–Trinajstić information content (AvgIpc) is 2.97. The van der Waals surface area contributed by atoms with Gasteiger partial charge in [0.15, 0.2) is 0 Å². The highest BCUT2D eigenvalue weighted by molar-refractivity contribution is 6.36. The molecule has 30 heavy (non-hydrogen) atoms. The van der Waals surface area contributed by atoms with Crippen LogP contribution in [0.2, 0.25) is 5.02 Å². The van der Waals surface area contributed by atoms with Crippen LogP contribution < -0.4 is 14.8 Å². The van der Waals surface area contributed by atoms with Crippen molar-refractivity contribution in [3.8, 4) is 11.5 Å². The number of carbonyl (C=O) groups excluding carboxylic acids is 2. The monoisotopic (exact) mass is 426 g/mol. The Morgan fingerprint density at radius 3 is 2.47 bits per heavy atom. The van der Waals surface area contributed by atoms with Gasteiger partial charge in [0.25, 0.3) is 11.8 Å². The van der Waals surface area contributed by atoms with Gasteiger partial charge >= 0.3 is 0 Å². The largest absolute Gasteiger partial charge is 0.495 e. The van der Waals surface area contributed by atoms with E-state index in [0.717, 1.165) is 11.3 Å². The Hall–Kier alpha value is -3.25. The van der Waals surface area contributed by atoms with Gasteiger partial charge in [-0.05, 0) is 42.3 Å². The van der Waals surface area contributed by atoms with Gasteiger partial charge in [0.1, 0.15) is 17.2 Å². The molecule has 0 fully saturated rings. The highest BCUT2D eigenvalue weighted by atomic mass is 35.5. The molecule has 1 heterocycles. The summed E-state index contributed by atoms with van der Waals surface area (Å²) in [4.78, 5) is 27.1. The Morgan fingerprint density at radius 1 is 1.13 bits per heavy atom. The standard InChI is InChI=1S/C23H23ClN2O4/c1-4-12-26-22(27)20(15-6-9-17(10-7-15)30-13-5-2)21(23(26)28)25-16-8-11-19(29-3)18(24)14-16/h4,6-11,14,25H,1,5,12-13H2,2-3H3. The maximum Gasteiger partial charge on any atom is 0.278 e. The first-order valence-corrected chi connectivity index (χ1v) is 9.93. The molecule has 2 amide bonds. The first kappa shape index (κ1) is 21.5. The van der Waals surface area contributed by atoms with Crippen molar-refractivity contribution >= 4 is 34.7 Å². The predicted octanol–water partition coefficient (Wildman–Crippen LogP) is 4.52. The van der Waals surface area contributed by atoms with Crippen molar-refractivity contribution in [3.05, 3.63) is 71.4 Å². The third-order valence-electron chi connectivity index (χ3n) is 4.52. The fraction of sp³-hybridized carbons (Fsp3) is 0.217. The molecule has 0 bridgehead atoms. The molecule has 0 unspecified atom stereocenters. The molecule has 3 rings (SSSR count). The van der Waals surface area contributed by atoms with Crippen LogP contribution in [0.3, 0.4) is 0 Å². The van der Waals surface area contributed by atoms with Crippen LogP contribution in [0.15, 0.2) is 60.8 Å². The number of amides is 2. The van der Waals surface area contributed by atoms with Crippen molar-refractivity contribution in [2.45, 2.75) is 13.3 Å². The second-order valence-corrected chi connectivity index (χ2v) is 7.01. The van der Waals surface area contributed by atoms with Crippen LogP contribution in [0.5, 0.6) is 11.5 Å². The van der Waals surface area contributed by atoms with Gasteiger partial charge in [-0.25, -0.2) is 0 Å². The van der Waals surface area contributed by atoms with Gasteiger partial charge in [-0.2, -0.15) is 0 Å². The number of carbonyl (C=O) groups is 2. The summed E-state index contributed by atoms with van der Waals surface area (Å²) in [6.45, 7) is 6.39. The molecular formula is C23H23ClN2O4. The summed E-state index contributed by atoms with van der Waals surface area (Å²) in [6.07, 6.45) is 2.41. The maximum absolute atomic E-state index is 13.0. The summed E-state index contributed by atoms with van der Waals surface area (Å²) in [5.41, 5.74) is 1.66. The van der Waals surface area contributed by atoms with Crippen molar-refractivity contribution < 1.29 is 19.1 Å². The number of methoxy groups -OCH3 is 1. The normalized spacial score (nSPS) is 13.6. The number of hydrogen-bond donors (Lipinski definition) is 1. The first-order chi connectivity index (χ1) is 14.5. The van der Waals surface area contributed by atoms with Gasteiger partial charge in [0.05, 0.1) is 24.3 Å². The highest BCUT2D eigenvalue weighted by Crippen LogP contribution is 2.33.